The minimum Gasteiger partial charge on any atom is -0.507 e. The number of ether oxygens (including phenoxy) is 1. The molecule has 2 heterocycles. The summed E-state index contributed by atoms with van der Waals surface area (Å²) in [6.07, 6.45) is 3.32. The van der Waals surface area contributed by atoms with Crippen LogP contribution in [0.1, 0.15) is 33.9 Å². The zero-order valence-corrected chi connectivity index (χ0v) is 20.4. The van der Waals surface area contributed by atoms with Gasteiger partial charge in [0.1, 0.15) is 18.1 Å². The lowest BCUT2D eigenvalue weighted by atomic mass is 9.94. The van der Waals surface area contributed by atoms with Crippen molar-refractivity contribution in [3.63, 3.8) is 0 Å². The maximum atomic E-state index is 13.3. The van der Waals surface area contributed by atoms with Crippen molar-refractivity contribution in [3.05, 3.63) is 137 Å². The second-order valence-corrected chi connectivity index (χ2v) is 9.00. The van der Waals surface area contributed by atoms with Gasteiger partial charge in [0.2, 0.25) is 0 Å². The summed E-state index contributed by atoms with van der Waals surface area (Å²) in [7, 11) is 0. The molecule has 0 spiro atoms. The highest BCUT2D eigenvalue weighted by Crippen LogP contribution is 2.41. The van der Waals surface area contributed by atoms with E-state index in [4.69, 9.17) is 4.74 Å². The maximum Gasteiger partial charge on any atom is 0.295 e. The van der Waals surface area contributed by atoms with E-state index >= 15 is 0 Å². The molecule has 184 valence electrons. The number of aryl methyl sites for hydroxylation is 1. The van der Waals surface area contributed by atoms with Gasteiger partial charge in [-0.3, -0.25) is 14.6 Å². The molecule has 1 unspecified atom stereocenters. The Kier molecular flexibility index (Phi) is 6.81. The molecule has 6 nitrogen and oxygen atoms in total. The Labute approximate surface area is 215 Å². The topological polar surface area (TPSA) is 79.7 Å². The highest BCUT2D eigenvalue weighted by molar-refractivity contribution is 6.46. The lowest BCUT2D eigenvalue weighted by Crippen LogP contribution is -2.29. The SMILES string of the molecule is Cc1ccc(/C(O)=C2/C(=O)C(=O)N(Cc3cccnc3)C2c2cccc(OCc3ccccc3)c2)cc1. The highest BCUT2D eigenvalue weighted by Gasteiger charge is 2.46. The monoisotopic (exact) mass is 490 g/mol. The fourth-order valence-electron chi connectivity index (χ4n) is 4.46. The van der Waals surface area contributed by atoms with Crippen molar-refractivity contribution >= 4 is 17.4 Å². The van der Waals surface area contributed by atoms with Crippen LogP contribution in [0.2, 0.25) is 0 Å². The van der Waals surface area contributed by atoms with Crippen molar-refractivity contribution in [2.24, 2.45) is 0 Å². The fourth-order valence-corrected chi connectivity index (χ4v) is 4.46. The van der Waals surface area contributed by atoms with Crippen LogP contribution in [0.15, 0.2) is 109 Å². The quantitative estimate of drug-likeness (QED) is 0.208. The van der Waals surface area contributed by atoms with Gasteiger partial charge >= 0.3 is 0 Å². The molecule has 0 bridgehead atoms. The second kappa shape index (κ2) is 10.5. The number of nitrogens with zero attached hydrogens (tertiary/aromatic N) is 2. The van der Waals surface area contributed by atoms with Gasteiger partial charge in [0, 0.05) is 24.5 Å². The molecular formula is C31H26N2O4. The van der Waals surface area contributed by atoms with Crippen molar-refractivity contribution in [3.8, 4) is 5.75 Å². The third kappa shape index (κ3) is 5.14. The van der Waals surface area contributed by atoms with Gasteiger partial charge in [-0.25, -0.2) is 0 Å². The van der Waals surface area contributed by atoms with E-state index in [1.54, 1.807) is 30.6 Å². The first-order valence-corrected chi connectivity index (χ1v) is 12.0. The molecule has 1 aliphatic heterocycles. The predicted octanol–water partition coefficient (Wildman–Crippen LogP) is 5.59. The third-order valence-corrected chi connectivity index (χ3v) is 6.36. The number of benzene rings is 3. The average Bonchev–Trinajstić information content (AvgIpc) is 3.18. The van der Waals surface area contributed by atoms with E-state index in [2.05, 4.69) is 4.98 Å². The molecule has 1 saturated heterocycles. The zero-order chi connectivity index (χ0) is 25.8. The fraction of sp³-hybridized carbons (Fsp3) is 0.129. The molecule has 6 heteroatoms. The Balaban J connectivity index is 1.56. The summed E-state index contributed by atoms with van der Waals surface area (Å²) >= 11 is 0. The molecule has 0 aliphatic carbocycles. The molecule has 1 atom stereocenters. The van der Waals surface area contributed by atoms with Gasteiger partial charge in [0.25, 0.3) is 11.7 Å². The van der Waals surface area contributed by atoms with Crippen molar-refractivity contribution in [2.45, 2.75) is 26.1 Å². The first-order valence-electron chi connectivity index (χ1n) is 12.0. The summed E-state index contributed by atoms with van der Waals surface area (Å²) in [5, 5.41) is 11.3. The number of aliphatic hydroxyl groups excluding tert-OH is 1. The molecule has 4 aromatic rings. The number of pyridine rings is 1. The summed E-state index contributed by atoms with van der Waals surface area (Å²) in [6, 6.07) is 27.2. The minimum atomic E-state index is -0.790. The number of amides is 1. The normalized spacial score (nSPS) is 16.7. The Morgan fingerprint density at radius 2 is 1.68 bits per heavy atom. The van der Waals surface area contributed by atoms with Gasteiger partial charge < -0.3 is 14.7 Å². The largest absolute Gasteiger partial charge is 0.507 e. The minimum absolute atomic E-state index is 0.0537. The molecule has 5 rings (SSSR count). The summed E-state index contributed by atoms with van der Waals surface area (Å²) in [5.41, 5.74) is 4.02. The Morgan fingerprint density at radius 1 is 0.919 bits per heavy atom. The van der Waals surface area contributed by atoms with Crippen molar-refractivity contribution < 1.29 is 19.4 Å². The average molecular weight is 491 g/mol. The summed E-state index contributed by atoms with van der Waals surface area (Å²) in [4.78, 5) is 32.2. The molecule has 3 aromatic carbocycles. The van der Waals surface area contributed by atoms with E-state index in [0.29, 0.717) is 23.5 Å². The number of carbonyl (C=O) groups is 2. The van der Waals surface area contributed by atoms with Gasteiger partial charge in [-0.05, 0) is 41.8 Å². The van der Waals surface area contributed by atoms with Gasteiger partial charge in [0.15, 0.2) is 0 Å². The molecule has 0 radical (unpaired) electrons. The molecule has 37 heavy (non-hydrogen) atoms. The first-order chi connectivity index (χ1) is 18.0. The van der Waals surface area contributed by atoms with Crippen LogP contribution in [-0.2, 0) is 22.7 Å². The number of likely N-dealkylation sites (tertiary alicyclic amines) is 1. The third-order valence-electron chi connectivity index (χ3n) is 6.36. The van der Waals surface area contributed by atoms with Crippen molar-refractivity contribution in [2.75, 3.05) is 0 Å². The highest BCUT2D eigenvalue weighted by atomic mass is 16.5. The van der Waals surface area contributed by atoms with Crippen LogP contribution in [0.5, 0.6) is 5.75 Å². The number of aliphatic hydroxyl groups is 1. The van der Waals surface area contributed by atoms with Crippen LogP contribution in [0.3, 0.4) is 0 Å². The summed E-state index contributed by atoms with van der Waals surface area (Å²) in [5.74, 6) is -0.989. The number of rotatable bonds is 7. The Hall–Kier alpha value is -4.71. The van der Waals surface area contributed by atoms with Crippen molar-refractivity contribution in [1.29, 1.82) is 0 Å². The Morgan fingerprint density at radius 3 is 2.41 bits per heavy atom. The van der Waals surface area contributed by atoms with Gasteiger partial charge in [-0.1, -0.05) is 78.4 Å². The molecule has 1 aliphatic rings. The van der Waals surface area contributed by atoms with Gasteiger partial charge in [0.05, 0.1) is 11.6 Å². The lowest BCUT2D eigenvalue weighted by molar-refractivity contribution is -0.140. The van der Waals surface area contributed by atoms with E-state index in [0.717, 1.165) is 16.7 Å². The summed E-state index contributed by atoms with van der Waals surface area (Å²) in [6.45, 7) is 2.49. The number of carbonyl (C=O) groups excluding carboxylic acids is 2. The zero-order valence-electron chi connectivity index (χ0n) is 20.4. The smallest absolute Gasteiger partial charge is 0.295 e. The van der Waals surface area contributed by atoms with E-state index < -0.39 is 17.7 Å². The van der Waals surface area contributed by atoms with Crippen LogP contribution in [0, 0.1) is 6.92 Å². The molecule has 1 amide bonds. The number of hydrogen-bond donors (Lipinski definition) is 1. The molecule has 0 saturated carbocycles. The van der Waals surface area contributed by atoms with Crippen molar-refractivity contribution in [1.82, 2.24) is 9.88 Å². The first kappa shape index (κ1) is 24.0. The maximum absolute atomic E-state index is 13.3. The summed E-state index contributed by atoms with van der Waals surface area (Å²) < 4.78 is 6.02. The standard InChI is InChI=1S/C31H26N2O4/c1-21-12-14-24(15-13-21)29(34)27-28(33(31(36)30(27)35)19-23-9-6-16-32-18-23)25-10-5-11-26(17-25)37-20-22-7-3-2-4-8-22/h2-18,28,34H,19-20H2,1H3/b29-27-. The van der Waals surface area contributed by atoms with E-state index in [1.807, 2.05) is 79.7 Å². The molecule has 1 N–H and O–H groups in total. The van der Waals surface area contributed by atoms with E-state index in [9.17, 15) is 14.7 Å². The number of aromatic nitrogens is 1. The molecule has 1 aromatic heterocycles. The van der Waals surface area contributed by atoms with Crippen LogP contribution in [0.25, 0.3) is 5.76 Å². The Bertz CT molecular complexity index is 1450. The van der Waals surface area contributed by atoms with E-state index in [1.165, 1.54) is 4.90 Å². The van der Waals surface area contributed by atoms with Crippen LogP contribution < -0.4 is 4.74 Å². The van der Waals surface area contributed by atoms with Crippen LogP contribution >= 0.6 is 0 Å². The second-order valence-electron chi connectivity index (χ2n) is 9.00. The lowest BCUT2D eigenvalue weighted by Gasteiger charge is -2.25. The van der Waals surface area contributed by atoms with E-state index in [-0.39, 0.29) is 17.9 Å². The van der Waals surface area contributed by atoms with Gasteiger partial charge in [-0.15, -0.1) is 0 Å². The number of ketones is 1. The number of hydrogen-bond acceptors (Lipinski definition) is 5. The van der Waals surface area contributed by atoms with Crippen LogP contribution in [0.4, 0.5) is 0 Å². The number of Topliss-reactive ketones (excluding diaryl/α,β-unsaturated/α-hetero) is 1. The predicted molar refractivity (Wildman–Crippen MR) is 140 cm³/mol. The molecular weight excluding hydrogens is 464 g/mol. The van der Waals surface area contributed by atoms with Crippen LogP contribution in [-0.4, -0.2) is 26.7 Å². The molecule has 1 fully saturated rings. The van der Waals surface area contributed by atoms with Gasteiger partial charge in [-0.2, -0.15) is 0 Å².